The van der Waals surface area contributed by atoms with E-state index in [9.17, 15) is 0 Å². The maximum Gasteiger partial charge on any atom is 0.122 e. The molecule has 22 heavy (non-hydrogen) atoms. The van der Waals surface area contributed by atoms with Crippen LogP contribution in [0.15, 0.2) is 18.2 Å². The fourth-order valence-corrected chi connectivity index (χ4v) is 2.69. The Bertz CT molecular complexity index is 368. The van der Waals surface area contributed by atoms with Gasteiger partial charge in [-0.05, 0) is 37.0 Å². The van der Waals surface area contributed by atoms with E-state index in [2.05, 4.69) is 12.1 Å². The van der Waals surface area contributed by atoms with Crippen LogP contribution in [-0.2, 0) is 6.42 Å². The van der Waals surface area contributed by atoms with Gasteiger partial charge in [0.25, 0.3) is 0 Å². The van der Waals surface area contributed by atoms with E-state index in [4.69, 9.17) is 14.6 Å². The highest BCUT2D eigenvalue weighted by molar-refractivity contribution is 5.38. The van der Waals surface area contributed by atoms with Crippen molar-refractivity contribution in [2.45, 2.75) is 64.2 Å². The van der Waals surface area contributed by atoms with E-state index < -0.39 is 0 Å². The van der Waals surface area contributed by atoms with E-state index in [1.807, 2.05) is 6.07 Å². The summed E-state index contributed by atoms with van der Waals surface area (Å²) in [5, 5.41) is 8.71. The molecule has 0 amide bonds. The van der Waals surface area contributed by atoms with Crippen molar-refractivity contribution in [1.29, 1.82) is 0 Å². The van der Waals surface area contributed by atoms with Crippen LogP contribution < -0.4 is 9.47 Å². The predicted octanol–water partition coefficient (Wildman–Crippen LogP) is 4.75. The van der Waals surface area contributed by atoms with Gasteiger partial charge >= 0.3 is 0 Å². The molecule has 126 valence electrons. The monoisotopic (exact) mass is 308 g/mol. The van der Waals surface area contributed by atoms with Crippen molar-refractivity contribution in [3.63, 3.8) is 0 Å². The average molecular weight is 308 g/mol. The fraction of sp³-hybridized carbons (Fsp3) is 0.684. The summed E-state index contributed by atoms with van der Waals surface area (Å²) in [7, 11) is 3.39. The molecule has 0 aliphatic rings. The lowest BCUT2D eigenvalue weighted by molar-refractivity contribution is 0.282. The highest BCUT2D eigenvalue weighted by Crippen LogP contribution is 2.23. The number of aliphatic hydroxyl groups is 1. The van der Waals surface area contributed by atoms with Crippen LogP contribution in [0.5, 0.6) is 11.5 Å². The fourth-order valence-electron chi connectivity index (χ4n) is 2.69. The SMILES string of the molecule is COc1cc(CCCCCCCCCCCO)cc(OC)c1. The maximum atomic E-state index is 8.71. The van der Waals surface area contributed by atoms with Crippen LogP contribution in [0.4, 0.5) is 0 Å². The third kappa shape index (κ3) is 8.28. The van der Waals surface area contributed by atoms with E-state index >= 15 is 0 Å². The first-order valence-electron chi connectivity index (χ1n) is 8.63. The zero-order valence-corrected chi connectivity index (χ0v) is 14.3. The van der Waals surface area contributed by atoms with Crippen molar-refractivity contribution in [2.75, 3.05) is 20.8 Å². The second-order valence-corrected chi connectivity index (χ2v) is 5.88. The minimum Gasteiger partial charge on any atom is -0.497 e. The van der Waals surface area contributed by atoms with Crippen LogP contribution in [0.1, 0.15) is 63.4 Å². The Balaban J connectivity index is 2.09. The molecule has 0 atom stereocenters. The van der Waals surface area contributed by atoms with Gasteiger partial charge in [-0.25, -0.2) is 0 Å². The van der Waals surface area contributed by atoms with Gasteiger partial charge in [-0.15, -0.1) is 0 Å². The van der Waals surface area contributed by atoms with E-state index in [0.717, 1.165) is 24.3 Å². The summed E-state index contributed by atoms with van der Waals surface area (Å²) in [6, 6.07) is 6.12. The summed E-state index contributed by atoms with van der Waals surface area (Å²) in [4.78, 5) is 0. The zero-order chi connectivity index (χ0) is 16.0. The Hall–Kier alpha value is -1.22. The maximum absolute atomic E-state index is 8.71. The predicted molar refractivity (Wildman–Crippen MR) is 91.9 cm³/mol. The minimum absolute atomic E-state index is 0.342. The largest absolute Gasteiger partial charge is 0.497 e. The van der Waals surface area contributed by atoms with Gasteiger partial charge in [-0.2, -0.15) is 0 Å². The molecule has 0 aliphatic carbocycles. The van der Waals surface area contributed by atoms with Crippen molar-refractivity contribution < 1.29 is 14.6 Å². The van der Waals surface area contributed by atoms with Crippen LogP contribution in [0.25, 0.3) is 0 Å². The van der Waals surface area contributed by atoms with Crippen LogP contribution in [0.2, 0.25) is 0 Å². The zero-order valence-electron chi connectivity index (χ0n) is 14.3. The van der Waals surface area contributed by atoms with Gasteiger partial charge in [-0.1, -0.05) is 44.9 Å². The lowest BCUT2D eigenvalue weighted by Gasteiger charge is -2.08. The summed E-state index contributed by atoms with van der Waals surface area (Å²) in [6.45, 7) is 0.342. The van der Waals surface area contributed by atoms with Crippen molar-refractivity contribution in [3.8, 4) is 11.5 Å². The summed E-state index contributed by atoms with van der Waals surface area (Å²) in [5.41, 5.74) is 1.29. The molecule has 0 aliphatic heterocycles. The second kappa shape index (κ2) is 12.3. The summed E-state index contributed by atoms with van der Waals surface area (Å²) >= 11 is 0. The molecule has 3 nitrogen and oxygen atoms in total. The number of hydrogen-bond donors (Lipinski definition) is 1. The minimum atomic E-state index is 0.342. The molecule has 1 rings (SSSR count). The van der Waals surface area contributed by atoms with E-state index in [-0.39, 0.29) is 0 Å². The number of methoxy groups -OCH3 is 2. The van der Waals surface area contributed by atoms with Gasteiger partial charge in [0.15, 0.2) is 0 Å². The average Bonchev–Trinajstić information content (AvgIpc) is 2.56. The van der Waals surface area contributed by atoms with Gasteiger partial charge in [0, 0.05) is 12.7 Å². The molecular formula is C19H32O3. The number of unbranched alkanes of at least 4 members (excludes halogenated alkanes) is 8. The first-order chi connectivity index (χ1) is 10.8. The number of hydrogen-bond acceptors (Lipinski definition) is 3. The first-order valence-corrected chi connectivity index (χ1v) is 8.63. The number of benzene rings is 1. The molecule has 0 bridgehead atoms. The van der Waals surface area contributed by atoms with Crippen molar-refractivity contribution in [1.82, 2.24) is 0 Å². The molecule has 0 saturated heterocycles. The van der Waals surface area contributed by atoms with E-state index in [1.54, 1.807) is 14.2 Å². The molecular weight excluding hydrogens is 276 g/mol. The quantitative estimate of drug-likeness (QED) is 0.534. The van der Waals surface area contributed by atoms with Gasteiger partial charge < -0.3 is 14.6 Å². The van der Waals surface area contributed by atoms with E-state index in [0.29, 0.717) is 6.61 Å². The first kappa shape index (κ1) is 18.8. The van der Waals surface area contributed by atoms with Crippen LogP contribution >= 0.6 is 0 Å². The molecule has 1 N–H and O–H groups in total. The highest BCUT2D eigenvalue weighted by Gasteiger charge is 2.02. The van der Waals surface area contributed by atoms with Gasteiger partial charge in [-0.3, -0.25) is 0 Å². The lowest BCUT2D eigenvalue weighted by Crippen LogP contribution is -1.92. The molecule has 0 unspecified atom stereocenters. The van der Waals surface area contributed by atoms with Gasteiger partial charge in [0.1, 0.15) is 11.5 Å². The molecule has 0 radical (unpaired) electrons. The standard InChI is InChI=1S/C19H32O3/c1-21-18-14-17(15-19(16-18)22-2)12-10-8-6-4-3-5-7-9-11-13-20/h14-16,20H,3-13H2,1-2H3. The summed E-state index contributed by atoms with van der Waals surface area (Å²) in [5.74, 6) is 1.74. The van der Waals surface area contributed by atoms with Crippen LogP contribution in [-0.4, -0.2) is 25.9 Å². The number of rotatable bonds is 13. The molecule has 0 fully saturated rings. The Morgan fingerprint density at radius 3 is 1.59 bits per heavy atom. The van der Waals surface area contributed by atoms with Crippen molar-refractivity contribution >= 4 is 0 Å². The molecule has 0 heterocycles. The summed E-state index contributed by atoms with van der Waals surface area (Å²) in [6.07, 6.45) is 12.3. The topological polar surface area (TPSA) is 38.7 Å². The second-order valence-electron chi connectivity index (χ2n) is 5.88. The van der Waals surface area contributed by atoms with Crippen molar-refractivity contribution in [2.24, 2.45) is 0 Å². The molecule has 3 heteroatoms. The van der Waals surface area contributed by atoms with E-state index in [1.165, 1.54) is 56.9 Å². The van der Waals surface area contributed by atoms with Crippen LogP contribution in [0, 0.1) is 0 Å². The Morgan fingerprint density at radius 1 is 0.682 bits per heavy atom. The third-order valence-corrected chi connectivity index (χ3v) is 4.03. The number of ether oxygens (including phenoxy) is 2. The Kier molecular flexibility index (Phi) is 10.6. The van der Waals surface area contributed by atoms with Gasteiger partial charge in [0.05, 0.1) is 14.2 Å². The Morgan fingerprint density at radius 2 is 1.14 bits per heavy atom. The molecule has 1 aromatic rings. The van der Waals surface area contributed by atoms with Crippen molar-refractivity contribution in [3.05, 3.63) is 23.8 Å². The number of aryl methyl sites for hydroxylation is 1. The third-order valence-electron chi connectivity index (χ3n) is 4.03. The molecule has 0 aromatic heterocycles. The molecule has 0 saturated carbocycles. The lowest BCUT2D eigenvalue weighted by atomic mass is 10.0. The van der Waals surface area contributed by atoms with Gasteiger partial charge in [0.2, 0.25) is 0 Å². The Labute approximate surface area is 135 Å². The summed E-state index contributed by atoms with van der Waals surface area (Å²) < 4.78 is 10.6. The van der Waals surface area contributed by atoms with Crippen LogP contribution in [0.3, 0.4) is 0 Å². The smallest absolute Gasteiger partial charge is 0.122 e. The molecule has 1 aromatic carbocycles. The number of aliphatic hydroxyl groups excluding tert-OH is 1. The highest BCUT2D eigenvalue weighted by atomic mass is 16.5. The normalized spacial score (nSPS) is 10.7. The molecule has 0 spiro atoms.